The summed E-state index contributed by atoms with van der Waals surface area (Å²) in [6.07, 6.45) is 2.42. The van der Waals surface area contributed by atoms with E-state index in [1.54, 1.807) is 0 Å². The fourth-order valence-electron chi connectivity index (χ4n) is 2.94. The first-order chi connectivity index (χ1) is 11.1. The van der Waals surface area contributed by atoms with E-state index in [-0.39, 0.29) is 0 Å². The zero-order valence-corrected chi connectivity index (χ0v) is 12.7. The molecule has 0 atom stereocenters. The van der Waals surface area contributed by atoms with Crippen molar-refractivity contribution < 1.29 is 13.2 Å². The third kappa shape index (κ3) is 3.96. The Balaban J connectivity index is 1.70. The number of alkyl halides is 1. The van der Waals surface area contributed by atoms with E-state index in [0.29, 0.717) is 24.3 Å². The van der Waals surface area contributed by atoms with Crippen LogP contribution in [0.3, 0.4) is 0 Å². The molecule has 1 fully saturated rings. The minimum Gasteiger partial charge on any atom is -0.247 e. The maximum atomic E-state index is 13.2. The van der Waals surface area contributed by atoms with E-state index >= 15 is 0 Å². The van der Waals surface area contributed by atoms with Gasteiger partial charge in [-0.3, -0.25) is 0 Å². The van der Waals surface area contributed by atoms with Gasteiger partial charge < -0.3 is 0 Å². The predicted octanol–water partition coefficient (Wildman–Crippen LogP) is 5.36. The molecular formula is C20H17F3. The molecule has 2 aromatic rings. The van der Waals surface area contributed by atoms with Gasteiger partial charge in [0.1, 0.15) is 6.17 Å². The van der Waals surface area contributed by atoms with Crippen molar-refractivity contribution in [3.05, 3.63) is 70.8 Å². The first-order valence-corrected chi connectivity index (χ1v) is 7.83. The normalized spacial score (nSPS) is 20.7. The summed E-state index contributed by atoms with van der Waals surface area (Å²) in [4.78, 5) is 0. The molecule has 0 N–H and O–H groups in total. The minimum absolute atomic E-state index is 0.426. The van der Waals surface area contributed by atoms with Crippen molar-refractivity contribution in [2.24, 2.45) is 0 Å². The van der Waals surface area contributed by atoms with Crippen LogP contribution in [0, 0.1) is 23.5 Å². The van der Waals surface area contributed by atoms with Crippen molar-refractivity contribution in [2.45, 2.75) is 37.8 Å². The van der Waals surface area contributed by atoms with Crippen LogP contribution in [0.15, 0.2) is 42.5 Å². The zero-order chi connectivity index (χ0) is 16.2. The average molecular weight is 314 g/mol. The van der Waals surface area contributed by atoms with Crippen molar-refractivity contribution in [3.63, 3.8) is 0 Å². The fraction of sp³-hybridized carbons (Fsp3) is 0.300. The summed E-state index contributed by atoms with van der Waals surface area (Å²) < 4.78 is 39.2. The van der Waals surface area contributed by atoms with Crippen molar-refractivity contribution in [3.8, 4) is 11.8 Å². The molecule has 1 aliphatic rings. The van der Waals surface area contributed by atoms with Crippen LogP contribution in [0.5, 0.6) is 0 Å². The van der Waals surface area contributed by atoms with Gasteiger partial charge in [0.15, 0.2) is 11.6 Å². The van der Waals surface area contributed by atoms with Crippen LogP contribution in [0.1, 0.15) is 48.3 Å². The summed E-state index contributed by atoms with van der Waals surface area (Å²) in [7, 11) is 0. The van der Waals surface area contributed by atoms with Gasteiger partial charge in [0.25, 0.3) is 0 Å². The summed E-state index contributed by atoms with van der Waals surface area (Å²) in [6.45, 7) is 0. The second kappa shape index (κ2) is 6.91. The Hall–Kier alpha value is -2.21. The summed E-state index contributed by atoms with van der Waals surface area (Å²) in [6, 6.07) is 11.5. The largest absolute Gasteiger partial charge is 0.247 e. The van der Waals surface area contributed by atoms with Gasteiger partial charge >= 0.3 is 0 Å². The van der Waals surface area contributed by atoms with Crippen molar-refractivity contribution in [2.75, 3.05) is 0 Å². The third-order valence-corrected chi connectivity index (χ3v) is 4.31. The third-order valence-electron chi connectivity index (χ3n) is 4.31. The van der Waals surface area contributed by atoms with Crippen LogP contribution in [0.2, 0.25) is 0 Å². The second-order valence-corrected chi connectivity index (χ2v) is 5.95. The van der Waals surface area contributed by atoms with E-state index in [1.807, 2.05) is 24.3 Å². The topological polar surface area (TPSA) is 0 Å². The maximum absolute atomic E-state index is 13.2. The highest BCUT2D eigenvalue weighted by atomic mass is 19.2. The lowest BCUT2D eigenvalue weighted by molar-refractivity contribution is 0.235. The zero-order valence-electron chi connectivity index (χ0n) is 12.7. The Morgan fingerprint density at radius 3 is 2.00 bits per heavy atom. The predicted molar refractivity (Wildman–Crippen MR) is 84.9 cm³/mol. The molecule has 0 unspecified atom stereocenters. The van der Waals surface area contributed by atoms with Gasteiger partial charge in [0.2, 0.25) is 0 Å². The highest BCUT2D eigenvalue weighted by molar-refractivity contribution is 5.44. The summed E-state index contributed by atoms with van der Waals surface area (Å²) in [5.41, 5.74) is 2.47. The molecule has 1 saturated carbocycles. The Kier molecular flexibility index (Phi) is 4.71. The average Bonchev–Trinajstić information content (AvgIpc) is 2.57. The lowest BCUT2D eigenvalue weighted by atomic mass is 9.83. The molecule has 0 amide bonds. The summed E-state index contributed by atoms with van der Waals surface area (Å²) >= 11 is 0. The first kappa shape index (κ1) is 15.7. The molecule has 23 heavy (non-hydrogen) atoms. The van der Waals surface area contributed by atoms with Crippen LogP contribution >= 0.6 is 0 Å². The van der Waals surface area contributed by atoms with Gasteiger partial charge in [0.05, 0.1) is 0 Å². The standard InChI is InChI=1S/C20H17F3/c21-18-10-8-17(9-11-18)16-6-3-14(4-7-16)1-2-15-5-12-19(22)20(23)13-15/h3-7,12-13,17-18H,8-11H2. The van der Waals surface area contributed by atoms with Crippen LogP contribution in [0.4, 0.5) is 13.2 Å². The Morgan fingerprint density at radius 1 is 0.739 bits per heavy atom. The van der Waals surface area contributed by atoms with Crippen LogP contribution in [0.25, 0.3) is 0 Å². The van der Waals surface area contributed by atoms with E-state index in [0.717, 1.165) is 30.5 Å². The molecular weight excluding hydrogens is 297 g/mol. The minimum atomic E-state index is -0.893. The van der Waals surface area contributed by atoms with Crippen LogP contribution < -0.4 is 0 Å². The van der Waals surface area contributed by atoms with E-state index in [9.17, 15) is 13.2 Å². The van der Waals surface area contributed by atoms with Crippen molar-refractivity contribution >= 4 is 0 Å². The first-order valence-electron chi connectivity index (χ1n) is 7.83. The van der Waals surface area contributed by atoms with Gasteiger partial charge in [-0.1, -0.05) is 24.0 Å². The molecule has 1 aliphatic carbocycles. The highest BCUT2D eigenvalue weighted by Gasteiger charge is 2.21. The molecule has 3 rings (SSSR count). The molecule has 0 spiro atoms. The van der Waals surface area contributed by atoms with E-state index in [2.05, 4.69) is 11.8 Å². The smallest absolute Gasteiger partial charge is 0.160 e. The van der Waals surface area contributed by atoms with Crippen molar-refractivity contribution in [1.29, 1.82) is 0 Å². The maximum Gasteiger partial charge on any atom is 0.160 e. The van der Waals surface area contributed by atoms with E-state index < -0.39 is 17.8 Å². The quantitative estimate of drug-likeness (QED) is 0.622. The van der Waals surface area contributed by atoms with E-state index in [1.165, 1.54) is 11.6 Å². The monoisotopic (exact) mass is 314 g/mol. The van der Waals surface area contributed by atoms with Gasteiger partial charge in [0, 0.05) is 11.1 Å². The highest BCUT2D eigenvalue weighted by Crippen LogP contribution is 2.33. The van der Waals surface area contributed by atoms with Crippen LogP contribution in [-0.2, 0) is 0 Å². The number of hydrogen-bond acceptors (Lipinski definition) is 0. The fourth-order valence-corrected chi connectivity index (χ4v) is 2.94. The van der Waals surface area contributed by atoms with Gasteiger partial charge in [-0.05, 0) is 67.5 Å². The molecule has 3 heteroatoms. The molecule has 118 valence electrons. The van der Waals surface area contributed by atoms with Gasteiger partial charge in [-0.15, -0.1) is 0 Å². The van der Waals surface area contributed by atoms with Gasteiger partial charge in [-0.2, -0.15) is 0 Å². The van der Waals surface area contributed by atoms with Crippen molar-refractivity contribution in [1.82, 2.24) is 0 Å². The molecule has 0 saturated heterocycles. The Morgan fingerprint density at radius 2 is 1.35 bits per heavy atom. The number of rotatable bonds is 1. The molecule has 2 aromatic carbocycles. The Labute approximate surface area is 134 Å². The molecule has 0 radical (unpaired) electrons. The summed E-state index contributed by atoms with van der Waals surface area (Å²) in [5.74, 6) is 4.43. The summed E-state index contributed by atoms with van der Waals surface area (Å²) in [5, 5.41) is 0. The Bertz CT molecular complexity index is 730. The van der Waals surface area contributed by atoms with Gasteiger partial charge in [-0.25, -0.2) is 13.2 Å². The second-order valence-electron chi connectivity index (χ2n) is 5.95. The molecule has 0 aliphatic heterocycles. The molecule has 0 aromatic heterocycles. The SMILES string of the molecule is Fc1ccc(C#Cc2ccc(C3CCC(F)CC3)cc2)cc1F. The van der Waals surface area contributed by atoms with E-state index in [4.69, 9.17) is 0 Å². The van der Waals surface area contributed by atoms with Crippen LogP contribution in [-0.4, -0.2) is 6.17 Å². The number of hydrogen-bond donors (Lipinski definition) is 0. The molecule has 0 bridgehead atoms. The lowest BCUT2D eigenvalue weighted by Gasteiger charge is -2.24. The molecule has 0 nitrogen and oxygen atoms in total. The molecule has 0 heterocycles. The number of benzene rings is 2. The number of halogens is 3. The lowest BCUT2D eigenvalue weighted by Crippen LogP contribution is -2.13.